The third kappa shape index (κ3) is 8.95. The van der Waals surface area contributed by atoms with Crippen molar-refractivity contribution in [3.05, 3.63) is 89.7 Å². The first kappa shape index (κ1) is 32.8. The highest BCUT2D eigenvalue weighted by Crippen LogP contribution is 2.35. The average Bonchev–Trinajstić information content (AvgIpc) is 3.01. The number of carbonyl (C=O) groups is 2. The maximum absolute atomic E-state index is 13.9. The number of ether oxygens (including phenoxy) is 2. The van der Waals surface area contributed by atoms with Crippen molar-refractivity contribution in [2.75, 3.05) is 30.3 Å². The Morgan fingerprint density at radius 2 is 1.64 bits per heavy atom. The fraction of sp³-hybridized carbons (Fsp3) is 0.394. The van der Waals surface area contributed by atoms with E-state index in [0.29, 0.717) is 36.0 Å². The summed E-state index contributed by atoms with van der Waals surface area (Å²) in [6.45, 7) is 4.77. The summed E-state index contributed by atoms with van der Waals surface area (Å²) in [5.41, 5.74) is 1.96. The molecule has 0 saturated heterocycles. The Morgan fingerprint density at radius 3 is 2.30 bits per heavy atom. The van der Waals surface area contributed by atoms with Crippen molar-refractivity contribution >= 4 is 27.5 Å². The predicted molar refractivity (Wildman–Crippen MR) is 168 cm³/mol. The molecule has 0 saturated carbocycles. The summed E-state index contributed by atoms with van der Waals surface area (Å²) in [5, 5.41) is 3.02. The number of fused-ring (bicyclic) bond motifs is 1. The van der Waals surface area contributed by atoms with E-state index in [0.717, 1.165) is 18.2 Å². The lowest BCUT2D eigenvalue weighted by Crippen LogP contribution is -2.52. The summed E-state index contributed by atoms with van der Waals surface area (Å²) in [6.07, 6.45) is 2.30. The molecule has 0 spiro atoms. The number of nitrogens with one attached hydrogen (secondary N) is 1. The number of benzene rings is 3. The standard InChI is InChI=1S/C33H40FN3O6S/c1-4-24(2)35-33(39)29(21-25-9-6-5-7-10-25)36(23-26-12-14-27(34)15-13-26)32(38)11-8-18-37(44(3,40)41)28-16-17-30-31(22-28)43-20-19-42-30/h5-7,9-10,12-17,22,24,29H,4,8,11,18-21,23H2,1-3H3,(H,35,39)/t24-,29+/m1/s1. The van der Waals surface area contributed by atoms with Gasteiger partial charge in [-0.3, -0.25) is 13.9 Å². The van der Waals surface area contributed by atoms with Crippen LogP contribution in [0.1, 0.15) is 44.2 Å². The Bertz CT molecular complexity index is 1520. The maximum Gasteiger partial charge on any atom is 0.243 e. The van der Waals surface area contributed by atoms with Gasteiger partial charge in [0.15, 0.2) is 11.5 Å². The van der Waals surface area contributed by atoms with Crippen LogP contribution in [0.5, 0.6) is 11.5 Å². The molecule has 3 aromatic carbocycles. The summed E-state index contributed by atoms with van der Waals surface area (Å²) >= 11 is 0. The number of rotatable bonds is 14. The van der Waals surface area contributed by atoms with Gasteiger partial charge in [0.25, 0.3) is 0 Å². The van der Waals surface area contributed by atoms with Crippen molar-refractivity contribution in [3.63, 3.8) is 0 Å². The number of halogens is 1. The van der Waals surface area contributed by atoms with E-state index < -0.39 is 21.9 Å². The van der Waals surface area contributed by atoms with Gasteiger partial charge in [-0.05, 0) is 55.2 Å². The predicted octanol–water partition coefficient (Wildman–Crippen LogP) is 4.70. The third-order valence-electron chi connectivity index (χ3n) is 7.50. The van der Waals surface area contributed by atoms with Gasteiger partial charge in [0.05, 0.1) is 11.9 Å². The van der Waals surface area contributed by atoms with Gasteiger partial charge in [0, 0.05) is 38.0 Å². The molecular weight excluding hydrogens is 585 g/mol. The SMILES string of the molecule is CC[C@@H](C)NC(=O)[C@H](Cc1ccccc1)N(Cc1ccc(F)cc1)C(=O)CCCN(c1ccc2c(c1)OCCO2)S(C)(=O)=O. The Kier molecular flexibility index (Phi) is 11.2. The van der Waals surface area contributed by atoms with Crippen molar-refractivity contribution in [1.82, 2.24) is 10.2 Å². The van der Waals surface area contributed by atoms with Crippen LogP contribution in [0.2, 0.25) is 0 Å². The molecule has 0 radical (unpaired) electrons. The van der Waals surface area contributed by atoms with Gasteiger partial charge < -0.3 is 19.7 Å². The molecule has 236 valence electrons. The lowest BCUT2D eigenvalue weighted by molar-refractivity contribution is -0.141. The first-order chi connectivity index (χ1) is 21.0. The Labute approximate surface area is 259 Å². The highest BCUT2D eigenvalue weighted by atomic mass is 32.2. The van der Waals surface area contributed by atoms with E-state index in [1.807, 2.05) is 44.2 Å². The van der Waals surface area contributed by atoms with E-state index in [1.54, 1.807) is 30.3 Å². The van der Waals surface area contributed by atoms with Gasteiger partial charge in [-0.2, -0.15) is 0 Å². The minimum Gasteiger partial charge on any atom is -0.486 e. The van der Waals surface area contributed by atoms with Gasteiger partial charge in [-0.15, -0.1) is 0 Å². The van der Waals surface area contributed by atoms with Crippen LogP contribution in [0.3, 0.4) is 0 Å². The van der Waals surface area contributed by atoms with Crippen molar-refractivity contribution < 1.29 is 31.9 Å². The number of amides is 2. The molecule has 0 fully saturated rings. The van der Waals surface area contributed by atoms with Crippen molar-refractivity contribution in [2.45, 2.75) is 58.2 Å². The lowest BCUT2D eigenvalue weighted by atomic mass is 10.0. The number of anilines is 1. The number of nitrogens with zero attached hydrogens (tertiary/aromatic N) is 2. The molecular formula is C33H40FN3O6S. The molecule has 1 heterocycles. The number of hydrogen-bond acceptors (Lipinski definition) is 6. The van der Waals surface area contributed by atoms with Gasteiger partial charge in [0.1, 0.15) is 25.1 Å². The molecule has 4 rings (SSSR count). The van der Waals surface area contributed by atoms with Crippen molar-refractivity contribution in [1.29, 1.82) is 0 Å². The van der Waals surface area contributed by atoms with Gasteiger partial charge in [-0.1, -0.05) is 49.4 Å². The first-order valence-electron chi connectivity index (χ1n) is 14.8. The molecule has 0 aliphatic carbocycles. The minimum atomic E-state index is -3.69. The fourth-order valence-electron chi connectivity index (χ4n) is 4.97. The lowest BCUT2D eigenvalue weighted by Gasteiger charge is -2.32. The number of hydrogen-bond donors (Lipinski definition) is 1. The summed E-state index contributed by atoms with van der Waals surface area (Å²) in [5.74, 6) is 0.0000775. The van der Waals surface area contributed by atoms with Crippen LogP contribution in [-0.2, 0) is 32.6 Å². The molecule has 11 heteroatoms. The summed E-state index contributed by atoms with van der Waals surface area (Å²) < 4.78 is 51.7. The second-order valence-electron chi connectivity index (χ2n) is 10.9. The van der Waals surface area contributed by atoms with Crippen LogP contribution in [-0.4, -0.2) is 63.2 Å². The van der Waals surface area contributed by atoms with E-state index >= 15 is 0 Å². The monoisotopic (exact) mass is 625 g/mol. The zero-order chi connectivity index (χ0) is 31.7. The molecule has 1 N–H and O–H groups in total. The molecule has 1 aliphatic heterocycles. The molecule has 0 bridgehead atoms. The van der Waals surface area contributed by atoms with Gasteiger partial charge in [0.2, 0.25) is 21.8 Å². The Hall–Kier alpha value is -4.12. The van der Waals surface area contributed by atoms with E-state index in [4.69, 9.17) is 9.47 Å². The summed E-state index contributed by atoms with van der Waals surface area (Å²) in [7, 11) is -3.69. The molecule has 2 atom stereocenters. The Balaban J connectivity index is 1.58. The minimum absolute atomic E-state index is 0.0142. The Morgan fingerprint density at radius 1 is 0.955 bits per heavy atom. The molecule has 0 unspecified atom stereocenters. The second kappa shape index (κ2) is 15.1. The zero-order valence-corrected chi connectivity index (χ0v) is 26.2. The van der Waals surface area contributed by atoms with Crippen molar-refractivity contribution in [3.8, 4) is 11.5 Å². The smallest absolute Gasteiger partial charge is 0.243 e. The van der Waals surface area contributed by atoms with Crippen molar-refractivity contribution in [2.24, 2.45) is 0 Å². The van der Waals surface area contributed by atoms with Crippen LogP contribution >= 0.6 is 0 Å². The quantitative estimate of drug-likeness (QED) is 0.279. The first-order valence-corrected chi connectivity index (χ1v) is 16.7. The van der Waals surface area contributed by atoms with Gasteiger partial charge in [-0.25, -0.2) is 12.8 Å². The van der Waals surface area contributed by atoms with E-state index in [1.165, 1.54) is 21.3 Å². The third-order valence-corrected chi connectivity index (χ3v) is 8.70. The maximum atomic E-state index is 13.9. The zero-order valence-electron chi connectivity index (χ0n) is 25.4. The number of carbonyl (C=O) groups excluding carboxylic acids is 2. The van der Waals surface area contributed by atoms with Crippen LogP contribution in [0.15, 0.2) is 72.8 Å². The summed E-state index contributed by atoms with van der Waals surface area (Å²) in [4.78, 5) is 29.1. The van der Waals surface area contributed by atoms with Gasteiger partial charge >= 0.3 is 0 Å². The van der Waals surface area contributed by atoms with Crippen LogP contribution in [0.4, 0.5) is 10.1 Å². The second-order valence-corrected chi connectivity index (χ2v) is 12.8. The molecule has 3 aromatic rings. The highest BCUT2D eigenvalue weighted by molar-refractivity contribution is 7.92. The average molecular weight is 626 g/mol. The highest BCUT2D eigenvalue weighted by Gasteiger charge is 2.31. The molecule has 9 nitrogen and oxygen atoms in total. The topological polar surface area (TPSA) is 105 Å². The number of sulfonamides is 1. The molecule has 2 amide bonds. The van der Waals surface area contributed by atoms with E-state index in [9.17, 15) is 22.4 Å². The molecule has 0 aromatic heterocycles. The molecule has 1 aliphatic rings. The van der Waals surface area contributed by atoms with E-state index in [-0.39, 0.29) is 50.2 Å². The van der Waals surface area contributed by atoms with E-state index in [2.05, 4.69) is 5.32 Å². The normalized spacial score (nSPS) is 13.9. The van der Waals surface area contributed by atoms with Crippen LogP contribution in [0.25, 0.3) is 0 Å². The van der Waals surface area contributed by atoms with Crippen LogP contribution in [0, 0.1) is 5.82 Å². The largest absolute Gasteiger partial charge is 0.486 e. The fourth-order valence-corrected chi connectivity index (χ4v) is 5.93. The van der Waals surface area contributed by atoms with Crippen LogP contribution < -0.4 is 19.1 Å². The summed E-state index contributed by atoms with van der Waals surface area (Å²) in [6, 6.07) is 19.3. The molecule has 44 heavy (non-hydrogen) atoms.